The molecule has 0 saturated heterocycles. The van der Waals surface area contributed by atoms with E-state index in [1.807, 2.05) is 6.08 Å². The second kappa shape index (κ2) is 18.5. The lowest BCUT2D eigenvalue weighted by Gasteiger charge is -2.45. The summed E-state index contributed by atoms with van der Waals surface area (Å²) in [6.45, 7) is 12.3. The first-order valence-electron chi connectivity index (χ1n) is 13.9. The molecule has 0 aliphatic heterocycles. The highest BCUT2D eigenvalue weighted by Crippen LogP contribution is 2.30. The summed E-state index contributed by atoms with van der Waals surface area (Å²) in [5.74, 6) is 0. The number of unbranched alkanes of at least 4 members (excludes halogenated alkanes) is 14. The van der Waals surface area contributed by atoms with Crippen LogP contribution in [0.5, 0.6) is 0 Å². The number of quaternary nitrogens is 1. The molecule has 0 radical (unpaired) electrons. The van der Waals surface area contributed by atoms with E-state index in [1.54, 1.807) is 0 Å². The zero-order chi connectivity index (χ0) is 23.7. The summed E-state index contributed by atoms with van der Waals surface area (Å²) in [5, 5.41) is 0. The Kier molecular flexibility index (Phi) is 18.1. The highest BCUT2D eigenvalue weighted by molar-refractivity contribution is 5.51. The van der Waals surface area contributed by atoms with Gasteiger partial charge in [-0.15, -0.1) is 0 Å². The summed E-state index contributed by atoms with van der Waals surface area (Å²) in [7, 11) is 4.79. The van der Waals surface area contributed by atoms with Gasteiger partial charge in [0.2, 0.25) is 0 Å². The van der Waals surface area contributed by atoms with Crippen LogP contribution in [0.1, 0.15) is 135 Å². The fourth-order valence-electron chi connectivity index (χ4n) is 4.75. The molecule has 0 atom stereocenters. The Morgan fingerprint density at radius 3 is 1.61 bits per heavy atom. The van der Waals surface area contributed by atoms with Crippen LogP contribution in [0.25, 0.3) is 6.08 Å². The highest BCUT2D eigenvalue weighted by atomic mass is 35.5. The van der Waals surface area contributed by atoms with E-state index in [1.165, 1.54) is 114 Å². The third-order valence-electron chi connectivity index (χ3n) is 7.87. The van der Waals surface area contributed by atoms with Gasteiger partial charge in [-0.3, -0.25) is 0 Å². The van der Waals surface area contributed by atoms with E-state index < -0.39 is 0 Å². The largest absolute Gasteiger partial charge is 1.00 e. The minimum absolute atomic E-state index is 0. The molecule has 0 aliphatic carbocycles. The summed E-state index contributed by atoms with van der Waals surface area (Å²) in [5.41, 5.74) is 2.98. The lowest BCUT2D eigenvalue weighted by Crippen LogP contribution is -3.00. The second-order valence-electron chi connectivity index (χ2n) is 11.3. The lowest BCUT2D eigenvalue weighted by atomic mass is 9.91. The van der Waals surface area contributed by atoms with E-state index in [-0.39, 0.29) is 17.9 Å². The van der Waals surface area contributed by atoms with E-state index in [0.717, 1.165) is 11.0 Å². The first kappa shape index (κ1) is 32.2. The highest BCUT2D eigenvalue weighted by Gasteiger charge is 2.36. The quantitative estimate of drug-likeness (QED) is 0.141. The molecule has 1 aromatic rings. The van der Waals surface area contributed by atoms with Gasteiger partial charge in [-0.25, -0.2) is 0 Å². The Bertz CT molecular complexity index is 605. The summed E-state index contributed by atoms with van der Waals surface area (Å²) >= 11 is 0. The van der Waals surface area contributed by atoms with Crippen molar-refractivity contribution in [2.24, 2.45) is 0 Å². The Morgan fingerprint density at radius 1 is 0.727 bits per heavy atom. The van der Waals surface area contributed by atoms with Crippen molar-refractivity contribution in [2.45, 2.75) is 136 Å². The molecule has 2 heteroatoms. The molecule has 1 aromatic carbocycles. The van der Waals surface area contributed by atoms with E-state index >= 15 is 0 Å². The predicted molar refractivity (Wildman–Crippen MR) is 146 cm³/mol. The Hall–Kier alpha value is -0.790. The first-order valence-corrected chi connectivity index (χ1v) is 13.9. The van der Waals surface area contributed by atoms with Gasteiger partial charge in [0.05, 0.1) is 19.6 Å². The van der Waals surface area contributed by atoms with Crippen LogP contribution in [0.15, 0.2) is 30.8 Å². The molecule has 0 saturated carbocycles. The molecule has 0 fully saturated rings. The molecule has 33 heavy (non-hydrogen) atoms. The van der Waals surface area contributed by atoms with Crippen LogP contribution in [0.4, 0.5) is 0 Å². The number of rotatable bonds is 20. The molecule has 0 aliphatic rings. The predicted octanol–water partition coefficient (Wildman–Crippen LogP) is 6.95. The van der Waals surface area contributed by atoms with Gasteiger partial charge < -0.3 is 16.9 Å². The molecule has 1 nitrogen and oxygen atoms in total. The summed E-state index contributed by atoms with van der Waals surface area (Å²) in [6, 6.07) is 8.72. The van der Waals surface area contributed by atoms with E-state index in [4.69, 9.17) is 0 Å². The molecule has 0 spiro atoms. The molecule has 0 heterocycles. The normalized spacial score (nSPS) is 11.9. The Morgan fingerprint density at radius 2 is 1.15 bits per heavy atom. The number of halogens is 1. The fourth-order valence-corrected chi connectivity index (χ4v) is 4.75. The van der Waals surface area contributed by atoms with Gasteiger partial charge in [-0.1, -0.05) is 134 Å². The van der Waals surface area contributed by atoms with Crippen molar-refractivity contribution in [2.75, 3.05) is 14.1 Å². The standard InChI is InChI=1S/C31H56N.ClH/c1-7-9-10-11-12-13-14-15-16-17-18-19-20-21-24-27-31(3,4)32(5,6)28-30-26-23-22-25-29(30)8-2;/h8,22-23,25-26H,2,7,9-21,24,27-28H2,1,3-6H3;1H/q+1;/p-1. The summed E-state index contributed by atoms with van der Waals surface area (Å²) < 4.78 is 1.02. The summed E-state index contributed by atoms with van der Waals surface area (Å²) in [6.07, 6.45) is 24.8. The van der Waals surface area contributed by atoms with Crippen LogP contribution in [0.2, 0.25) is 0 Å². The summed E-state index contributed by atoms with van der Waals surface area (Å²) in [4.78, 5) is 0. The molecular formula is C31H56ClN. The van der Waals surface area contributed by atoms with Crippen molar-refractivity contribution in [1.29, 1.82) is 0 Å². The maximum Gasteiger partial charge on any atom is 0.105 e. The number of nitrogens with zero attached hydrogens (tertiary/aromatic N) is 1. The van der Waals surface area contributed by atoms with Crippen LogP contribution < -0.4 is 12.4 Å². The Balaban J connectivity index is 0.0000102. The van der Waals surface area contributed by atoms with Gasteiger partial charge in [-0.2, -0.15) is 0 Å². The van der Waals surface area contributed by atoms with Crippen molar-refractivity contribution in [3.05, 3.63) is 42.0 Å². The van der Waals surface area contributed by atoms with Gasteiger partial charge in [0.1, 0.15) is 6.54 Å². The maximum absolute atomic E-state index is 4.00. The van der Waals surface area contributed by atoms with E-state index in [2.05, 4.69) is 65.7 Å². The molecule has 0 amide bonds. The van der Waals surface area contributed by atoms with Gasteiger partial charge in [0.15, 0.2) is 0 Å². The zero-order valence-electron chi connectivity index (χ0n) is 22.9. The van der Waals surface area contributed by atoms with Gasteiger partial charge in [0, 0.05) is 12.0 Å². The van der Waals surface area contributed by atoms with Crippen molar-refractivity contribution < 1.29 is 16.9 Å². The van der Waals surface area contributed by atoms with Crippen LogP contribution >= 0.6 is 0 Å². The van der Waals surface area contributed by atoms with Gasteiger partial charge >= 0.3 is 0 Å². The molecule has 1 rings (SSSR count). The van der Waals surface area contributed by atoms with Crippen molar-refractivity contribution in [1.82, 2.24) is 0 Å². The van der Waals surface area contributed by atoms with Crippen molar-refractivity contribution in [3.63, 3.8) is 0 Å². The molecule has 0 unspecified atom stereocenters. The average molecular weight is 478 g/mol. The average Bonchev–Trinajstić information content (AvgIpc) is 2.76. The van der Waals surface area contributed by atoms with E-state index in [9.17, 15) is 0 Å². The monoisotopic (exact) mass is 477 g/mol. The van der Waals surface area contributed by atoms with Crippen LogP contribution in [-0.2, 0) is 6.54 Å². The van der Waals surface area contributed by atoms with Gasteiger partial charge in [0.25, 0.3) is 0 Å². The third-order valence-corrected chi connectivity index (χ3v) is 7.87. The molecule has 0 bridgehead atoms. The molecule has 192 valence electrons. The number of hydrogen-bond acceptors (Lipinski definition) is 0. The minimum Gasteiger partial charge on any atom is -1.00 e. The topological polar surface area (TPSA) is 0 Å². The van der Waals surface area contributed by atoms with Crippen molar-refractivity contribution >= 4 is 6.08 Å². The van der Waals surface area contributed by atoms with E-state index in [0.29, 0.717) is 0 Å². The zero-order valence-corrected chi connectivity index (χ0v) is 23.7. The first-order chi connectivity index (χ1) is 15.3. The lowest BCUT2D eigenvalue weighted by molar-refractivity contribution is -0.950. The minimum atomic E-state index is 0. The molecule has 0 aromatic heterocycles. The maximum atomic E-state index is 4.00. The SMILES string of the molecule is C=Cc1ccccc1C[N+](C)(C)C(C)(C)CCCCCCCCCCCCCCCCC.[Cl-]. The molecular weight excluding hydrogens is 422 g/mol. The number of benzene rings is 1. The van der Waals surface area contributed by atoms with Gasteiger partial charge in [-0.05, 0) is 25.8 Å². The van der Waals surface area contributed by atoms with Crippen LogP contribution in [0.3, 0.4) is 0 Å². The van der Waals surface area contributed by atoms with Crippen LogP contribution in [0, 0.1) is 0 Å². The fraction of sp³-hybridized carbons (Fsp3) is 0.742. The number of hydrogen-bond donors (Lipinski definition) is 0. The Labute approximate surface area is 214 Å². The third kappa shape index (κ3) is 13.6. The van der Waals surface area contributed by atoms with Crippen LogP contribution in [-0.4, -0.2) is 24.1 Å². The second-order valence-corrected chi connectivity index (χ2v) is 11.3. The molecule has 0 N–H and O–H groups in total. The van der Waals surface area contributed by atoms with Crippen molar-refractivity contribution in [3.8, 4) is 0 Å². The smallest absolute Gasteiger partial charge is 0.105 e.